The lowest BCUT2D eigenvalue weighted by molar-refractivity contribution is 0.428. The summed E-state index contributed by atoms with van der Waals surface area (Å²) >= 11 is 0. The lowest BCUT2D eigenvalue weighted by Crippen LogP contribution is -2.61. The number of fused-ring (bicyclic) bond motifs is 4. The highest BCUT2D eigenvalue weighted by Crippen LogP contribution is 2.50. The molecule has 0 saturated carbocycles. The fraction of sp³-hybridized carbons (Fsp3) is 0.246. The Morgan fingerprint density at radius 2 is 1.22 bits per heavy atom. The van der Waals surface area contributed by atoms with E-state index in [-0.39, 0.29) is 17.5 Å². The highest BCUT2D eigenvalue weighted by atomic mass is 16.4. The van der Waals surface area contributed by atoms with Gasteiger partial charge in [-0.05, 0) is 108 Å². The van der Waals surface area contributed by atoms with Crippen molar-refractivity contribution in [3.63, 3.8) is 0 Å². The second kappa shape index (κ2) is 16.4. The van der Waals surface area contributed by atoms with Crippen LogP contribution < -0.4 is 31.5 Å². The third-order valence-corrected chi connectivity index (χ3v) is 14.8. The van der Waals surface area contributed by atoms with Crippen LogP contribution in [0.15, 0.2) is 190 Å². The van der Waals surface area contributed by atoms with E-state index < -0.39 is 0 Å². The van der Waals surface area contributed by atoms with Gasteiger partial charge < -0.3 is 23.5 Å². The molecular formula is C61H60BN3O2. The van der Waals surface area contributed by atoms with Gasteiger partial charge in [-0.2, -0.15) is 0 Å². The molecule has 0 spiro atoms. The number of hydrogen-bond acceptors (Lipinski definition) is 5. The van der Waals surface area contributed by atoms with Crippen molar-refractivity contribution < 1.29 is 8.83 Å². The molecule has 4 aliphatic rings. The Hall–Kier alpha value is -6.92. The monoisotopic (exact) mass is 877 g/mol. The number of nitrogens with zero attached hydrogens (tertiary/aromatic N) is 3. The van der Waals surface area contributed by atoms with Crippen LogP contribution in [-0.4, -0.2) is 6.71 Å². The number of para-hydroxylation sites is 2. The minimum atomic E-state index is -0.322. The molecule has 0 saturated heterocycles. The average molecular weight is 878 g/mol. The molecule has 334 valence electrons. The number of rotatable bonds is 9. The normalized spacial score (nSPS) is 17.6. The second-order valence-electron chi connectivity index (χ2n) is 20.7. The molecule has 2 aliphatic heterocycles. The maximum atomic E-state index is 7.36. The average Bonchev–Trinajstić information content (AvgIpc) is 3.98. The van der Waals surface area contributed by atoms with Crippen molar-refractivity contribution in [2.75, 3.05) is 14.7 Å². The molecule has 0 amide bonds. The van der Waals surface area contributed by atoms with Crippen LogP contribution in [0, 0.1) is 17.3 Å². The molecule has 2 atom stereocenters. The zero-order valence-electron chi connectivity index (χ0n) is 40.2. The summed E-state index contributed by atoms with van der Waals surface area (Å²) in [6, 6.07) is 50.7. The minimum Gasteiger partial charge on any atom is -0.468 e. The first-order valence-electron chi connectivity index (χ1n) is 24.3. The first-order valence-corrected chi connectivity index (χ1v) is 24.3. The van der Waals surface area contributed by atoms with Gasteiger partial charge in [-0.1, -0.05) is 164 Å². The maximum absolute atomic E-state index is 7.36. The van der Waals surface area contributed by atoms with Gasteiger partial charge in [0, 0.05) is 57.4 Å². The summed E-state index contributed by atoms with van der Waals surface area (Å²) < 4.78 is 14.7. The van der Waals surface area contributed by atoms with Gasteiger partial charge in [0.2, 0.25) is 0 Å². The van der Waals surface area contributed by atoms with Crippen LogP contribution in [0.4, 0.5) is 45.5 Å². The summed E-state index contributed by atoms with van der Waals surface area (Å²) in [6.45, 7) is 18.3. The Morgan fingerprint density at radius 1 is 0.642 bits per heavy atom. The maximum Gasteiger partial charge on any atom is 0.342 e. The minimum absolute atomic E-state index is 0.0405. The molecule has 2 aromatic heterocycles. The van der Waals surface area contributed by atoms with Crippen molar-refractivity contribution in [1.82, 2.24) is 0 Å². The summed E-state index contributed by atoms with van der Waals surface area (Å²) in [6.07, 6.45) is 14.6. The standard InChI is InChI=1S/C61H60BN3O2/c1-9-61(7,8)44-29-31-47(32-30-44)64-51-36-49(63(45-21-15-11-16-22-45)46-23-17-12-18-24-46)37-52-57(51)62(58-53(64)38-55(66-58)42-19-13-10-14-20-42)59-54(39-56(67-59)43-27-25-40(2)26-28-43)65(52)48-33-34-50(41(3)35-48)60(4,5)6/h10-25,27-34,36-41H,9,26,35H2,1-8H3. The van der Waals surface area contributed by atoms with Crippen LogP contribution in [0.25, 0.3) is 16.9 Å². The number of furan rings is 2. The lowest BCUT2D eigenvalue weighted by Gasteiger charge is -2.43. The molecule has 0 radical (unpaired) electrons. The van der Waals surface area contributed by atoms with Crippen LogP contribution in [0.3, 0.4) is 0 Å². The molecule has 67 heavy (non-hydrogen) atoms. The van der Waals surface area contributed by atoms with Crippen LogP contribution in [-0.2, 0) is 5.41 Å². The second-order valence-corrected chi connectivity index (χ2v) is 20.7. The van der Waals surface area contributed by atoms with Gasteiger partial charge in [0.15, 0.2) is 0 Å². The van der Waals surface area contributed by atoms with E-state index in [4.69, 9.17) is 8.83 Å². The van der Waals surface area contributed by atoms with E-state index in [1.54, 1.807) is 0 Å². The Bertz CT molecular complexity index is 3070. The van der Waals surface area contributed by atoms with Crippen molar-refractivity contribution in [1.29, 1.82) is 0 Å². The molecule has 4 heterocycles. The predicted octanol–water partition coefficient (Wildman–Crippen LogP) is 15.3. The third kappa shape index (κ3) is 7.42. The highest BCUT2D eigenvalue weighted by Gasteiger charge is 2.50. The first kappa shape index (κ1) is 42.7. The Kier molecular flexibility index (Phi) is 10.5. The van der Waals surface area contributed by atoms with E-state index >= 15 is 0 Å². The van der Waals surface area contributed by atoms with Crippen LogP contribution in [0.2, 0.25) is 0 Å². The topological polar surface area (TPSA) is 36.0 Å². The fourth-order valence-corrected chi connectivity index (χ4v) is 10.8. The quantitative estimate of drug-likeness (QED) is 0.135. The van der Waals surface area contributed by atoms with Crippen molar-refractivity contribution in [2.24, 2.45) is 17.3 Å². The molecule has 6 heteroatoms. The SMILES string of the molecule is CCC(C)(C)c1ccc(N2c3cc(-c4ccccc4)oc3B3c4oc(C5=CCC(C)C=C5)cc4N(C4=CC=C(C(C)(C)C)C(C)C4)c4cc(N(c5ccccc5)c5ccccc5)cc2c43)cc1. The third-order valence-electron chi connectivity index (χ3n) is 14.8. The van der Waals surface area contributed by atoms with Crippen LogP contribution in [0.5, 0.6) is 0 Å². The largest absolute Gasteiger partial charge is 0.468 e. The van der Waals surface area contributed by atoms with Crippen molar-refractivity contribution in [2.45, 2.75) is 80.1 Å². The molecular weight excluding hydrogens is 818 g/mol. The molecule has 7 aromatic rings. The van der Waals surface area contributed by atoms with Gasteiger partial charge >= 0.3 is 6.71 Å². The molecule has 2 unspecified atom stereocenters. The Balaban J connectivity index is 1.24. The Labute approximate surface area is 397 Å². The van der Waals surface area contributed by atoms with Gasteiger partial charge in [-0.25, -0.2) is 0 Å². The van der Waals surface area contributed by atoms with Crippen LogP contribution >= 0.6 is 0 Å². The Morgan fingerprint density at radius 3 is 1.81 bits per heavy atom. The van der Waals surface area contributed by atoms with Gasteiger partial charge in [-0.15, -0.1) is 0 Å². The number of hydrogen-bond donors (Lipinski definition) is 0. The molecule has 0 N–H and O–H groups in total. The highest BCUT2D eigenvalue weighted by molar-refractivity contribution is 6.99. The van der Waals surface area contributed by atoms with Crippen LogP contribution in [0.1, 0.15) is 86.0 Å². The van der Waals surface area contributed by atoms with E-state index in [0.29, 0.717) is 11.8 Å². The summed E-state index contributed by atoms with van der Waals surface area (Å²) in [4.78, 5) is 7.39. The van der Waals surface area contributed by atoms with E-state index in [2.05, 4.69) is 240 Å². The number of benzene rings is 5. The molecule has 0 fully saturated rings. The lowest BCUT2D eigenvalue weighted by atomic mass is 9.37. The first-order chi connectivity index (χ1) is 32.4. The summed E-state index contributed by atoms with van der Waals surface area (Å²) in [7, 11) is 0. The van der Waals surface area contributed by atoms with Gasteiger partial charge in [0.1, 0.15) is 22.8 Å². The van der Waals surface area contributed by atoms with Crippen molar-refractivity contribution >= 4 is 74.6 Å². The zero-order valence-corrected chi connectivity index (χ0v) is 40.2. The molecule has 2 aliphatic carbocycles. The molecule has 5 aromatic carbocycles. The van der Waals surface area contributed by atoms with Gasteiger partial charge in [0.25, 0.3) is 0 Å². The predicted molar refractivity (Wildman–Crippen MR) is 283 cm³/mol. The number of anilines is 8. The van der Waals surface area contributed by atoms with Crippen molar-refractivity contribution in [3.05, 3.63) is 193 Å². The van der Waals surface area contributed by atoms with Gasteiger partial charge in [-0.3, -0.25) is 0 Å². The number of allylic oxidation sites excluding steroid dienone is 8. The summed E-state index contributed by atoms with van der Waals surface area (Å²) in [5.74, 6) is 2.54. The smallest absolute Gasteiger partial charge is 0.342 e. The molecule has 11 rings (SSSR count). The fourth-order valence-electron chi connectivity index (χ4n) is 10.8. The van der Waals surface area contributed by atoms with E-state index in [1.165, 1.54) is 22.3 Å². The summed E-state index contributed by atoms with van der Waals surface area (Å²) in [5, 5.41) is 0. The van der Waals surface area contributed by atoms with E-state index in [9.17, 15) is 0 Å². The van der Waals surface area contributed by atoms with E-state index in [0.717, 1.165) is 98.7 Å². The molecule has 0 bridgehead atoms. The molecule has 5 nitrogen and oxygen atoms in total. The summed E-state index contributed by atoms with van der Waals surface area (Å²) in [5.41, 5.74) is 17.8. The van der Waals surface area contributed by atoms with Gasteiger partial charge in [0.05, 0.1) is 17.1 Å². The van der Waals surface area contributed by atoms with Crippen molar-refractivity contribution in [3.8, 4) is 11.3 Å². The zero-order chi connectivity index (χ0) is 46.2. The van der Waals surface area contributed by atoms with E-state index in [1.807, 2.05) is 0 Å².